The number of benzene rings is 3. The number of hydrogen-bond acceptors (Lipinski definition) is 9. The Morgan fingerprint density at radius 3 is 1.98 bits per heavy atom. The first kappa shape index (κ1) is 34.7. The van der Waals surface area contributed by atoms with Crippen molar-refractivity contribution >= 4 is 44.2 Å². The molecular weight excluding hydrogens is 613 g/mol. The van der Waals surface area contributed by atoms with Crippen LogP contribution in [0.15, 0.2) is 72.9 Å². The van der Waals surface area contributed by atoms with Crippen LogP contribution in [0.25, 0.3) is 10.9 Å². The van der Waals surface area contributed by atoms with Crippen LogP contribution >= 0.6 is 0 Å². The SMILES string of the molecule is COc1cc2nccc(Oc3ccc(N(C(=O)C4(C(N)=O)CC4)c4ccc(F)cc4)cc3)c2cc1OC.O.O=S(=O)(O)CCO. The molecule has 0 radical (unpaired) electrons. The van der Waals surface area contributed by atoms with Crippen molar-refractivity contribution in [3.8, 4) is 23.0 Å². The van der Waals surface area contributed by atoms with Gasteiger partial charge in [-0.1, -0.05) is 0 Å². The van der Waals surface area contributed by atoms with Crippen LogP contribution in [0.3, 0.4) is 0 Å². The number of methoxy groups -OCH3 is 2. The van der Waals surface area contributed by atoms with E-state index in [0.717, 1.165) is 5.39 Å². The van der Waals surface area contributed by atoms with E-state index in [1.165, 1.54) is 29.2 Å². The number of anilines is 2. The molecular formula is C30H32FN3O10S. The smallest absolute Gasteiger partial charge is 0.267 e. The molecule has 5 rings (SSSR count). The molecule has 3 aromatic carbocycles. The van der Waals surface area contributed by atoms with Gasteiger partial charge in [-0.15, -0.1) is 0 Å². The van der Waals surface area contributed by atoms with Crippen LogP contribution in [-0.4, -0.2) is 66.9 Å². The molecule has 0 spiro atoms. The van der Waals surface area contributed by atoms with Crippen LogP contribution in [-0.2, 0) is 19.7 Å². The summed E-state index contributed by atoms with van der Waals surface area (Å²) in [6.45, 7) is -0.529. The van der Waals surface area contributed by atoms with Crippen molar-refractivity contribution in [2.24, 2.45) is 11.1 Å². The Balaban J connectivity index is 0.000000621. The molecule has 45 heavy (non-hydrogen) atoms. The van der Waals surface area contributed by atoms with Gasteiger partial charge in [0.15, 0.2) is 11.5 Å². The summed E-state index contributed by atoms with van der Waals surface area (Å²) < 4.78 is 57.6. The first-order chi connectivity index (χ1) is 20.9. The van der Waals surface area contributed by atoms with Gasteiger partial charge in [0.2, 0.25) is 11.8 Å². The van der Waals surface area contributed by atoms with Gasteiger partial charge in [0, 0.05) is 29.0 Å². The predicted molar refractivity (Wildman–Crippen MR) is 163 cm³/mol. The third-order valence-electron chi connectivity index (χ3n) is 6.80. The number of carbonyl (C=O) groups excluding carboxylic acids is 2. The van der Waals surface area contributed by atoms with E-state index >= 15 is 0 Å². The van der Waals surface area contributed by atoms with Gasteiger partial charge < -0.3 is 30.5 Å². The van der Waals surface area contributed by atoms with Gasteiger partial charge >= 0.3 is 0 Å². The molecule has 0 atom stereocenters. The van der Waals surface area contributed by atoms with E-state index in [1.807, 2.05) is 0 Å². The third-order valence-corrected chi connectivity index (χ3v) is 7.50. The zero-order valence-electron chi connectivity index (χ0n) is 24.3. The molecule has 1 heterocycles. The summed E-state index contributed by atoms with van der Waals surface area (Å²) in [6, 6.07) is 17.6. The molecule has 0 aliphatic heterocycles. The topological polar surface area (TPSA) is 210 Å². The first-order valence-electron chi connectivity index (χ1n) is 13.2. The highest BCUT2D eigenvalue weighted by Gasteiger charge is 2.57. The molecule has 1 aliphatic rings. The van der Waals surface area contributed by atoms with Crippen LogP contribution in [0.4, 0.5) is 15.8 Å². The highest BCUT2D eigenvalue weighted by molar-refractivity contribution is 7.85. The maximum atomic E-state index is 13.6. The van der Waals surface area contributed by atoms with Crippen molar-refractivity contribution in [3.05, 3.63) is 78.7 Å². The quantitative estimate of drug-likeness (QED) is 0.169. The highest BCUT2D eigenvalue weighted by Crippen LogP contribution is 2.49. The van der Waals surface area contributed by atoms with Crippen molar-refractivity contribution in [2.45, 2.75) is 12.8 Å². The number of ether oxygens (including phenoxy) is 3. The molecule has 1 aromatic heterocycles. The average molecular weight is 646 g/mol. The number of amides is 2. The zero-order chi connectivity index (χ0) is 32.1. The number of aliphatic hydroxyl groups is 1. The summed E-state index contributed by atoms with van der Waals surface area (Å²) in [7, 11) is -0.816. The fraction of sp³-hybridized carbons (Fsp3) is 0.233. The Labute approximate surface area is 258 Å². The number of nitrogens with two attached hydrogens (primary N) is 1. The summed E-state index contributed by atoms with van der Waals surface area (Å²) in [5.41, 5.74) is 5.89. The summed E-state index contributed by atoms with van der Waals surface area (Å²) in [6.07, 6.45) is 2.39. The molecule has 4 aromatic rings. The fourth-order valence-corrected chi connectivity index (χ4v) is 4.55. The Kier molecular flexibility index (Phi) is 11.0. The minimum Gasteiger partial charge on any atom is -0.493 e. The monoisotopic (exact) mass is 645 g/mol. The summed E-state index contributed by atoms with van der Waals surface area (Å²) in [5, 5.41) is 8.59. The number of rotatable bonds is 10. The van der Waals surface area contributed by atoms with E-state index in [4.69, 9.17) is 29.6 Å². The number of aliphatic hydroxyl groups excluding tert-OH is 1. The van der Waals surface area contributed by atoms with Crippen molar-refractivity contribution in [3.63, 3.8) is 0 Å². The third kappa shape index (κ3) is 8.02. The number of nitrogens with zero attached hydrogens (tertiary/aromatic N) is 2. The lowest BCUT2D eigenvalue weighted by atomic mass is 10.0. The lowest BCUT2D eigenvalue weighted by Gasteiger charge is -2.26. The molecule has 0 bridgehead atoms. The van der Waals surface area contributed by atoms with Crippen LogP contribution in [0.2, 0.25) is 0 Å². The van der Waals surface area contributed by atoms with Crippen LogP contribution in [0, 0.1) is 11.2 Å². The Morgan fingerprint density at radius 2 is 1.51 bits per heavy atom. The lowest BCUT2D eigenvalue weighted by Crippen LogP contribution is -2.41. The van der Waals surface area contributed by atoms with Gasteiger partial charge in [-0.2, -0.15) is 8.42 Å². The number of fused-ring (bicyclic) bond motifs is 1. The number of carbonyl (C=O) groups is 2. The van der Waals surface area contributed by atoms with E-state index in [2.05, 4.69) is 4.98 Å². The fourth-order valence-electron chi connectivity index (χ4n) is 4.32. The predicted octanol–water partition coefficient (Wildman–Crippen LogP) is 3.16. The molecule has 1 saturated carbocycles. The van der Waals surface area contributed by atoms with Gasteiger partial charge in [0.1, 0.15) is 22.7 Å². The van der Waals surface area contributed by atoms with E-state index in [0.29, 0.717) is 52.7 Å². The largest absolute Gasteiger partial charge is 0.493 e. The molecule has 2 amide bonds. The van der Waals surface area contributed by atoms with Gasteiger partial charge in [-0.25, -0.2) is 4.39 Å². The summed E-state index contributed by atoms with van der Waals surface area (Å²) in [4.78, 5) is 31.3. The van der Waals surface area contributed by atoms with Gasteiger partial charge in [-0.05, 0) is 73.5 Å². The maximum Gasteiger partial charge on any atom is 0.267 e. The van der Waals surface area contributed by atoms with Crippen LogP contribution in [0.5, 0.6) is 23.0 Å². The number of primary amides is 1. The second-order valence-electron chi connectivity index (χ2n) is 9.70. The highest BCUT2D eigenvalue weighted by atomic mass is 32.2. The van der Waals surface area contributed by atoms with Gasteiger partial charge in [0.25, 0.3) is 10.1 Å². The number of hydrogen-bond donors (Lipinski definition) is 3. The normalized spacial score (nSPS) is 13.0. The second-order valence-corrected chi connectivity index (χ2v) is 11.3. The number of aromatic nitrogens is 1. The molecule has 1 aliphatic carbocycles. The maximum absolute atomic E-state index is 13.6. The van der Waals surface area contributed by atoms with Crippen molar-refractivity contribution in [2.75, 3.05) is 31.5 Å². The first-order valence-corrected chi connectivity index (χ1v) is 14.8. The van der Waals surface area contributed by atoms with Crippen LogP contribution in [0.1, 0.15) is 12.8 Å². The molecule has 0 saturated heterocycles. The van der Waals surface area contributed by atoms with E-state index < -0.39 is 45.5 Å². The minimum absolute atomic E-state index is 0. The molecule has 0 unspecified atom stereocenters. The van der Waals surface area contributed by atoms with Crippen molar-refractivity contribution in [1.82, 2.24) is 4.98 Å². The van der Waals surface area contributed by atoms with Gasteiger partial charge in [0.05, 0.1) is 32.1 Å². The molecule has 1 fully saturated rings. The minimum atomic E-state index is -3.92. The van der Waals surface area contributed by atoms with Crippen molar-refractivity contribution < 1.29 is 51.7 Å². The summed E-state index contributed by atoms with van der Waals surface area (Å²) in [5.74, 6) is 0.0355. The van der Waals surface area contributed by atoms with Gasteiger partial charge in [-0.3, -0.25) is 24.0 Å². The Bertz CT molecular complexity index is 1760. The average Bonchev–Trinajstić information content (AvgIpc) is 3.81. The number of halogens is 1. The summed E-state index contributed by atoms with van der Waals surface area (Å²) >= 11 is 0. The molecule has 13 nitrogen and oxygen atoms in total. The number of pyridine rings is 1. The van der Waals surface area contributed by atoms with Crippen molar-refractivity contribution in [1.29, 1.82) is 0 Å². The van der Waals surface area contributed by atoms with E-state index in [-0.39, 0.29) is 5.48 Å². The second kappa shape index (κ2) is 14.3. The molecule has 240 valence electrons. The Morgan fingerprint density at radius 1 is 0.956 bits per heavy atom. The standard InChI is InChI=1S/C28H24FN3O5.C2H6O4S.H2O/c1-35-24-15-21-22(16-25(24)36-2)31-14-11-23(21)37-20-9-7-19(8-10-20)32(18-5-3-17(29)4-6-18)27(34)28(12-13-28)26(30)33;3-1-2-7(4,5)6;/h3-11,14-16H,12-13H2,1-2H3,(H2,30,33);3H,1-2H2,(H,4,5,6);1H2. The molecule has 15 heteroatoms. The molecule has 6 N–H and O–H groups in total. The Hall–Kier alpha value is -4.83. The van der Waals surface area contributed by atoms with E-state index in [1.54, 1.807) is 62.9 Å². The lowest BCUT2D eigenvalue weighted by molar-refractivity contribution is -0.133. The van der Waals surface area contributed by atoms with E-state index in [9.17, 15) is 22.4 Å². The zero-order valence-corrected chi connectivity index (χ0v) is 25.1. The van der Waals surface area contributed by atoms with Crippen LogP contribution < -0.4 is 24.8 Å².